The van der Waals surface area contributed by atoms with Crippen LogP contribution >= 0.6 is 0 Å². The van der Waals surface area contributed by atoms with Crippen LogP contribution in [0.2, 0.25) is 0 Å². The summed E-state index contributed by atoms with van der Waals surface area (Å²) in [7, 11) is -3.54. The van der Waals surface area contributed by atoms with Crippen LogP contribution in [-0.2, 0) is 16.6 Å². The minimum Gasteiger partial charge on any atom is -0.447 e. The van der Waals surface area contributed by atoms with Crippen LogP contribution in [-0.4, -0.2) is 20.5 Å². The van der Waals surface area contributed by atoms with Gasteiger partial charge in [-0.25, -0.2) is 13.1 Å². The Balaban J connectivity index is 1.85. The molecule has 2 rings (SSSR count). The summed E-state index contributed by atoms with van der Waals surface area (Å²) in [6.45, 7) is 4.62. The molecule has 5 nitrogen and oxygen atoms in total. The van der Waals surface area contributed by atoms with Crippen molar-refractivity contribution >= 4 is 10.0 Å². The van der Waals surface area contributed by atoms with Crippen molar-refractivity contribution in [3.63, 3.8) is 0 Å². The van der Waals surface area contributed by atoms with Crippen molar-refractivity contribution in [3.8, 4) is 0 Å². The SMILES string of the molecule is CCCCCC(C)NS(=O)(=O)c1ccc(CNC2CC2)o1. The van der Waals surface area contributed by atoms with Crippen molar-refractivity contribution in [1.82, 2.24) is 10.0 Å². The van der Waals surface area contributed by atoms with Gasteiger partial charge in [0.1, 0.15) is 5.76 Å². The van der Waals surface area contributed by atoms with Gasteiger partial charge in [-0.2, -0.15) is 0 Å². The Hall–Kier alpha value is -0.850. The van der Waals surface area contributed by atoms with E-state index in [2.05, 4.69) is 17.0 Å². The van der Waals surface area contributed by atoms with Gasteiger partial charge >= 0.3 is 0 Å². The Morgan fingerprint density at radius 3 is 2.76 bits per heavy atom. The van der Waals surface area contributed by atoms with E-state index in [4.69, 9.17) is 4.42 Å². The molecule has 0 saturated heterocycles. The highest BCUT2D eigenvalue weighted by Crippen LogP contribution is 2.20. The maximum absolute atomic E-state index is 12.2. The molecule has 1 aliphatic carbocycles. The third-order valence-electron chi connectivity index (χ3n) is 3.64. The summed E-state index contributed by atoms with van der Waals surface area (Å²) in [6.07, 6.45) is 6.54. The maximum atomic E-state index is 12.2. The second-order valence-electron chi connectivity index (χ2n) is 5.89. The largest absolute Gasteiger partial charge is 0.447 e. The first-order valence-electron chi connectivity index (χ1n) is 7.85. The van der Waals surface area contributed by atoms with E-state index in [1.165, 1.54) is 18.9 Å². The fourth-order valence-corrected chi connectivity index (χ4v) is 3.44. The molecule has 1 atom stereocenters. The Morgan fingerprint density at radius 2 is 2.10 bits per heavy atom. The number of sulfonamides is 1. The fraction of sp³-hybridized carbons (Fsp3) is 0.733. The van der Waals surface area contributed by atoms with Gasteiger partial charge < -0.3 is 9.73 Å². The van der Waals surface area contributed by atoms with Crippen LogP contribution in [0.15, 0.2) is 21.6 Å². The molecule has 0 radical (unpaired) electrons. The molecular formula is C15H26N2O3S. The lowest BCUT2D eigenvalue weighted by Gasteiger charge is -2.12. The first-order valence-corrected chi connectivity index (χ1v) is 9.34. The molecule has 6 heteroatoms. The number of unbranched alkanes of at least 4 members (excludes halogenated alkanes) is 2. The minimum atomic E-state index is -3.54. The van der Waals surface area contributed by atoms with E-state index < -0.39 is 10.0 Å². The summed E-state index contributed by atoms with van der Waals surface area (Å²) in [5.74, 6) is 0.668. The number of furan rings is 1. The van der Waals surface area contributed by atoms with Crippen LogP contribution in [0.1, 0.15) is 58.1 Å². The molecule has 2 N–H and O–H groups in total. The van der Waals surface area contributed by atoms with Crippen molar-refractivity contribution in [3.05, 3.63) is 17.9 Å². The zero-order valence-electron chi connectivity index (χ0n) is 12.9. The normalized spacial score (nSPS) is 17.0. The second kappa shape index (κ2) is 7.42. The van der Waals surface area contributed by atoms with Crippen LogP contribution < -0.4 is 10.0 Å². The van der Waals surface area contributed by atoms with E-state index >= 15 is 0 Å². The first-order chi connectivity index (χ1) is 10.0. The number of hydrogen-bond acceptors (Lipinski definition) is 4. The van der Waals surface area contributed by atoms with Crippen LogP contribution in [0.25, 0.3) is 0 Å². The van der Waals surface area contributed by atoms with E-state index in [-0.39, 0.29) is 11.1 Å². The lowest BCUT2D eigenvalue weighted by atomic mass is 10.1. The molecule has 0 amide bonds. The average Bonchev–Trinajstić information content (AvgIpc) is 3.12. The lowest BCUT2D eigenvalue weighted by molar-refractivity contribution is 0.396. The van der Waals surface area contributed by atoms with E-state index in [1.54, 1.807) is 6.07 Å². The smallest absolute Gasteiger partial charge is 0.274 e. The maximum Gasteiger partial charge on any atom is 0.274 e. The molecule has 120 valence electrons. The van der Waals surface area contributed by atoms with Gasteiger partial charge in [-0.1, -0.05) is 26.2 Å². The third kappa shape index (κ3) is 5.45. The number of hydrogen-bond donors (Lipinski definition) is 2. The van der Waals surface area contributed by atoms with Gasteiger partial charge in [0.05, 0.1) is 6.54 Å². The molecule has 1 aromatic rings. The van der Waals surface area contributed by atoms with Crippen LogP contribution in [0, 0.1) is 0 Å². The monoisotopic (exact) mass is 314 g/mol. The molecule has 1 heterocycles. The first kappa shape index (κ1) is 16.5. The van der Waals surface area contributed by atoms with E-state index in [0.29, 0.717) is 18.3 Å². The predicted octanol–water partition coefficient (Wildman–Crippen LogP) is 2.78. The zero-order chi connectivity index (χ0) is 15.3. The summed E-state index contributed by atoms with van der Waals surface area (Å²) in [5.41, 5.74) is 0. The van der Waals surface area contributed by atoms with Gasteiger partial charge in [0.2, 0.25) is 5.09 Å². The highest BCUT2D eigenvalue weighted by molar-refractivity contribution is 7.89. The van der Waals surface area contributed by atoms with E-state index in [1.807, 2.05) is 6.92 Å². The van der Waals surface area contributed by atoms with Crippen molar-refractivity contribution in [2.45, 2.75) is 76.1 Å². The van der Waals surface area contributed by atoms with Gasteiger partial charge in [-0.15, -0.1) is 0 Å². The molecule has 1 fully saturated rings. The van der Waals surface area contributed by atoms with Crippen molar-refractivity contribution in [1.29, 1.82) is 0 Å². The Kier molecular flexibility index (Phi) is 5.84. The van der Waals surface area contributed by atoms with Crippen LogP contribution in [0.5, 0.6) is 0 Å². The van der Waals surface area contributed by atoms with Gasteiger partial charge in [0.25, 0.3) is 10.0 Å². The summed E-state index contributed by atoms with van der Waals surface area (Å²) >= 11 is 0. The molecule has 1 aliphatic rings. The Bertz CT molecular complexity index is 535. The van der Waals surface area contributed by atoms with Gasteiger partial charge in [0.15, 0.2) is 0 Å². The quantitative estimate of drug-likeness (QED) is 0.651. The third-order valence-corrected chi connectivity index (χ3v) is 5.10. The molecule has 0 spiro atoms. The van der Waals surface area contributed by atoms with Crippen molar-refractivity contribution < 1.29 is 12.8 Å². The molecule has 1 saturated carbocycles. The average molecular weight is 314 g/mol. The number of nitrogens with one attached hydrogen (secondary N) is 2. The second-order valence-corrected chi connectivity index (χ2v) is 7.54. The predicted molar refractivity (Wildman–Crippen MR) is 82.5 cm³/mol. The van der Waals surface area contributed by atoms with Gasteiger partial charge in [-0.05, 0) is 38.3 Å². The van der Waals surface area contributed by atoms with Crippen LogP contribution in [0.4, 0.5) is 0 Å². The molecule has 0 aliphatic heterocycles. The molecule has 21 heavy (non-hydrogen) atoms. The standard InChI is InChI=1S/C15H26N2O3S/c1-3-4-5-6-12(2)17-21(18,19)15-10-9-14(20-15)11-16-13-7-8-13/h9-10,12-13,16-17H,3-8,11H2,1-2H3. The van der Waals surface area contributed by atoms with E-state index in [9.17, 15) is 8.42 Å². The minimum absolute atomic E-state index is 0.0115. The molecular weight excluding hydrogens is 288 g/mol. The van der Waals surface area contributed by atoms with Crippen molar-refractivity contribution in [2.75, 3.05) is 0 Å². The van der Waals surface area contributed by atoms with Crippen LogP contribution in [0.3, 0.4) is 0 Å². The summed E-state index contributed by atoms with van der Waals surface area (Å²) in [4.78, 5) is 0. The van der Waals surface area contributed by atoms with Gasteiger partial charge in [-0.3, -0.25) is 0 Å². The Labute approximate surface area is 127 Å². The molecule has 1 aromatic heterocycles. The highest BCUT2D eigenvalue weighted by Gasteiger charge is 2.23. The molecule has 1 unspecified atom stereocenters. The number of rotatable bonds is 10. The lowest BCUT2D eigenvalue weighted by Crippen LogP contribution is -2.32. The zero-order valence-corrected chi connectivity index (χ0v) is 13.7. The van der Waals surface area contributed by atoms with Crippen molar-refractivity contribution in [2.24, 2.45) is 0 Å². The fourth-order valence-electron chi connectivity index (χ4n) is 2.21. The summed E-state index contributed by atoms with van der Waals surface area (Å²) in [6, 6.07) is 3.77. The topological polar surface area (TPSA) is 71.3 Å². The van der Waals surface area contributed by atoms with E-state index in [0.717, 1.165) is 25.7 Å². The molecule has 0 bridgehead atoms. The van der Waals surface area contributed by atoms with Gasteiger partial charge in [0, 0.05) is 12.1 Å². The highest BCUT2D eigenvalue weighted by atomic mass is 32.2. The summed E-state index contributed by atoms with van der Waals surface area (Å²) in [5, 5.41) is 3.32. The Morgan fingerprint density at radius 1 is 1.33 bits per heavy atom. The molecule has 0 aromatic carbocycles. The summed E-state index contributed by atoms with van der Waals surface area (Å²) < 4.78 is 32.5.